The van der Waals surface area contributed by atoms with Gasteiger partial charge < -0.3 is 4.74 Å². The standard InChI is InChI=1S/C8H8ClO/c1-6-5-7(9)3-4-8(6)10-2/h3-5H,1H2,2H3. The first-order chi connectivity index (χ1) is 4.74. The van der Waals surface area contributed by atoms with Crippen LogP contribution in [-0.4, -0.2) is 7.11 Å². The molecule has 53 valence electrons. The molecule has 0 aliphatic rings. The highest BCUT2D eigenvalue weighted by atomic mass is 35.5. The van der Waals surface area contributed by atoms with E-state index in [1.54, 1.807) is 25.3 Å². The van der Waals surface area contributed by atoms with E-state index in [1.165, 1.54) is 0 Å². The molecule has 0 spiro atoms. The molecule has 0 amide bonds. The van der Waals surface area contributed by atoms with Crippen LogP contribution in [0.4, 0.5) is 0 Å². The van der Waals surface area contributed by atoms with Crippen molar-refractivity contribution in [2.45, 2.75) is 0 Å². The van der Waals surface area contributed by atoms with Crippen LogP contribution < -0.4 is 4.74 Å². The largest absolute Gasteiger partial charge is 0.496 e. The Bertz CT molecular complexity index is 233. The fraction of sp³-hybridized carbons (Fsp3) is 0.125. The van der Waals surface area contributed by atoms with Gasteiger partial charge in [0.15, 0.2) is 0 Å². The van der Waals surface area contributed by atoms with Crippen molar-refractivity contribution >= 4 is 11.6 Å². The Balaban J connectivity index is 3.07. The molecule has 0 bridgehead atoms. The van der Waals surface area contributed by atoms with Crippen LogP contribution >= 0.6 is 11.6 Å². The van der Waals surface area contributed by atoms with E-state index >= 15 is 0 Å². The maximum Gasteiger partial charge on any atom is 0.122 e. The van der Waals surface area contributed by atoms with E-state index in [9.17, 15) is 0 Å². The van der Waals surface area contributed by atoms with Crippen molar-refractivity contribution in [1.82, 2.24) is 0 Å². The Morgan fingerprint density at radius 1 is 1.50 bits per heavy atom. The number of methoxy groups -OCH3 is 1. The molecule has 0 aliphatic carbocycles. The van der Waals surface area contributed by atoms with E-state index in [1.807, 2.05) is 0 Å². The number of halogens is 1. The summed E-state index contributed by atoms with van der Waals surface area (Å²) in [6.45, 7) is 3.74. The molecule has 0 saturated carbocycles. The van der Waals surface area contributed by atoms with E-state index in [2.05, 4.69) is 6.92 Å². The zero-order valence-corrected chi connectivity index (χ0v) is 6.48. The molecule has 0 aliphatic heterocycles. The Hall–Kier alpha value is -0.690. The van der Waals surface area contributed by atoms with Crippen LogP contribution in [0.2, 0.25) is 5.02 Å². The van der Waals surface area contributed by atoms with Crippen molar-refractivity contribution in [3.05, 3.63) is 35.7 Å². The van der Waals surface area contributed by atoms with Crippen molar-refractivity contribution in [2.24, 2.45) is 0 Å². The molecular formula is C8H8ClO. The van der Waals surface area contributed by atoms with E-state index in [0.717, 1.165) is 11.3 Å². The molecule has 0 aromatic heterocycles. The van der Waals surface area contributed by atoms with Gasteiger partial charge in [-0.1, -0.05) is 11.6 Å². The second-order valence-corrected chi connectivity index (χ2v) is 2.39. The quantitative estimate of drug-likeness (QED) is 0.606. The van der Waals surface area contributed by atoms with Crippen LogP contribution in [0.1, 0.15) is 5.56 Å². The molecule has 1 radical (unpaired) electrons. The molecule has 0 heterocycles. The lowest BCUT2D eigenvalue weighted by atomic mass is 10.2. The molecule has 0 atom stereocenters. The summed E-state index contributed by atoms with van der Waals surface area (Å²) in [6, 6.07) is 5.33. The van der Waals surface area contributed by atoms with Gasteiger partial charge in [-0.05, 0) is 30.7 Å². The molecule has 10 heavy (non-hydrogen) atoms. The maximum absolute atomic E-state index is 5.68. The number of hydrogen-bond acceptors (Lipinski definition) is 1. The summed E-state index contributed by atoms with van der Waals surface area (Å²) in [6.07, 6.45) is 0. The summed E-state index contributed by atoms with van der Waals surface area (Å²) < 4.78 is 4.98. The Morgan fingerprint density at radius 3 is 2.70 bits per heavy atom. The van der Waals surface area contributed by atoms with Crippen molar-refractivity contribution in [1.29, 1.82) is 0 Å². The summed E-state index contributed by atoms with van der Waals surface area (Å²) in [5, 5.41) is 0.686. The van der Waals surface area contributed by atoms with Gasteiger partial charge in [-0.25, -0.2) is 0 Å². The van der Waals surface area contributed by atoms with Crippen LogP contribution in [0.25, 0.3) is 0 Å². The van der Waals surface area contributed by atoms with E-state index in [4.69, 9.17) is 16.3 Å². The monoisotopic (exact) mass is 155 g/mol. The third-order valence-corrected chi connectivity index (χ3v) is 1.48. The van der Waals surface area contributed by atoms with Crippen LogP contribution in [0, 0.1) is 6.92 Å². The van der Waals surface area contributed by atoms with Gasteiger partial charge in [0.2, 0.25) is 0 Å². The Kier molecular flexibility index (Phi) is 2.17. The highest BCUT2D eigenvalue weighted by Gasteiger charge is 1.96. The third kappa shape index (κ3) is 1.42. The summed E-state index contributed by atoms with van der Waals surface area (Å²) in [5.74, 6) is 0.768. The van der Waals surface area contributed by atoms with Gasteiger partial charge in [0, 0.05) is 5.02 Å². The third-order valence-electron chi connectivity index (χ3n) is 1.24. The topological polar surface area (TPSA) is 9.23 Å². The number of benzene rings is 1. The van der Waals surface area contributed by atoms with Crippen LogP contribution in [-0.2, 0) is 0 Å². The predicted octanol–water partition coefficient (Wildman–Crippen LogP) is 2.53. The van der Waals surface area contributed by atoms with E-state index < -0.39 is 0 Å². The molecular weight excluding hydrogens is 148 g/mol. The number of ether oxygens (including phenoxy) is 1. The van der Waals surface area contributed by atoms with Crippen LogP contribution in [0.5, 0.6) is 5.75 Å². The molecule has 1 nitrogen and oxygen atoms in total. The maximum atomic E-state index is 5.68. The fourth-order valence-corrected chi connectivity index (χ4v) is 0.942. The molecule has 1 rings (SSSR count). The average molecular weight is 156 g/mol. The Labute approximate surface area is 65.6 Å². The minimum atomic E-state index is 0.686. The smallest absolute Gasteiger partial charge is 0.122 e. The highest BCUT2D eigenvalue weighted by molar-refractivity contribution is 6.30. The highest BCUT2D eigenvalue weighted by Crippen LogP contribution is 2.20. The average Bonchev–Trinajstić information content (AvgIpc) is 1.88. The summed E-state index contributed by atoms with van der Waals surface area (Å²) in [5.41, 5.74) is 0.815. The van der Waals surface area contributed by atoms with Crippen molar-refractivity contribution in [3.63, 3.8) is 0 Å². The molecule has 0 fully saturated rings. The summed E-state index contributed by atoms with van der Waals surface area (Å²) in [4.78, 5) is 0. The minimum absolute atomic E-state index is 0.686. The molecule has 2 heteroatoms. The lowest BCUT2D eigenvalue weighted by Gasteiger charge is -2.02. The zero-order valence-electron chi connectivity index (χ0n) is 5.73. The van der Waals surface area contributed by atoms with Gasteiger partial charge >= 0.3 is 0 Å². The van der Waals surface area contributed by atoms with Crippen molar-refractivity contribution in [3.8, 4) is 5.75 Å². The van der Waals surface area contributed by atoms with Crippen LogP contribution in [0.3, 0.4) is 0 Å². The van der Waals surface area contributed by atoms with Crippen molar-refractivity contribution < 1.29 is 4.74 Å². The predicted molar refractivity (Wildman–Crippen MR) is 42.5 cm³/mol. The normalized spacial score (nSPS) is 9.50. The Morgan fingerprint density at radius 2 is 2.20 bits per heavy atom. The zero-order chi connectivity index (χ0) is 7.56. The second kappa shape index (κ2) is 2.93. The summed E-state index contributed by atoms with van der Waals surface area (Å²) in [7, 11) is 1.61. The van der Waals surface area contributed by atoms with Crippen LogP contribution in [0.15, 0.2) is 18.2 Å². The molecule has 0 N–H and O–H groups in total. The van der Waals surface area contributed by atoms with E-state index in [-0.39, 0.29) is 0 Å². The first-order valence-electron chi connectivity index (χ1n) is 2.89. The fourth-order valence-electron chi connectivity index (χ4n) is 0.747. The molecule has 1 aromatic rings. The number of hydrogen-bond donors (Lipinski definition) is 0. The SMILES string of the molecule is [CH2]c1cc(Cl)ccc1OC. The first-order valence-corrected chi connectivity index (χ1v) is 3.27. The van der Waals surface area contributed by atoms with Gasteiger partial charge in [0.05, 0.1) is 7.11 Å². The summed E-state index contributed by atoms with van der Waals surface area (Å²) >= 11 is 5.68. The number of rotatable bonds is 1. The lowest BCUT2D eigenvalue weighted by molar-refractivity contribution is 0.413. The van der Waals surface area contributed by atoms with E-state index in [0.29, 0.717) is 5.02 Å². The molecule has 0 saturated heterocycles. The first kappa shape index (κ1) is 7.42. The van der Waals surface area contributed by atoms with Gasteiger partial charge in [-0.3, -0.25) is 0 Å². The van der Waals surface area contributed by atoms with Gasteiger partial charge in [-0.15, -0.1) is 0 Å². The minimum Gasteiger partial charge on any atom is -0.496 e. The van der Waals surface area contributed by atoms with Gasteiger partial charge in [-0.2, -0.15) is 0 Å². The van der Waals surface area contributed by atoms with Crippen molar-refractivity contribution in [2.75, 3.05) is 7.11 Å². The molecule has 0 unspecified atom stereocenters. The lowest BCUT2D eigenvalue weighted by Crippen LogP contribution is -1.85. The van der Waals surface area contributed by atoms with Gasteiger partial charge in [0.25, 0.3) is 0 Å². The van der Waals surface area contributed by atoms with Gasteiger partial charge in [0.1, 0.15) is 5.75 Å². The second-order valence-electron chi connectivity index (χ2n) is 1.96. The molecule has 1 aromatic carbocycles.